The summed E-state index contributed by atoms with van der Waals surface area (Å²) in [5, 5.41) is 1.93. The summed E-state index contributed by atoms with van der Waals surface area (Å²) in [6.45, 7) is 1.56. The molecule has 1 aliphatic rings. The number of anilines is 1. The first-order valence-electron chi connectivity index (χ1n) is 6.76. The number of ketones is 2. The van der Waals surface area contributed by atoms with Crippen molar-refractivity contribution >= 4 is 34.8 Å². The van der Waals surface area contributed by atoms with Gasteiger partial charge in [-0.05, 0) is 25.1 Å². The molecule has 0 aliphatic heterocycles. The predicted octanol–water partition coefficient (Wildman–Crippen LogP) is 3.03. The molecule has 1 atom stereocenters. The lowest BCUT2D eigenvalue weighted by molar-refractivity contribution is -0.115. The van der Waals surface area contributed by atoms with Gasteiger partial charge in [0.25, 0.3) is 0 Å². The normalized spacial score (nSPS) is 14.1. The Bertz CT molecular complexity index is 811. The zero-order valence-electron chi connectivity index (χ0n) is 11.7. The maximum Gasteiger partial charge on any atom is 0.242 e. The first-order valence-corrected chi connectivity index (χ1v) is 7.20. The molecule has 3 rings (SSSR count). The topological polar surface area (TPSA) is 63.2 Å². The highest BCUT2D eigenvalue weighted by Crippen LogP contribution is 2.29. The molecule has 2 aromatic carbocycles. The van der Waals surface area contributed by atoms with Gasteiger partial charge in [-0.25, -0.2) is 0 Å². The van der Waals surface area contributed by atoms with Crippen molar-refractivity contribution in [1.29, 1.82) is 0 Å². The van der Waals surface area contributed by atoms with Crippen LogP contribution in [-0.2, 0) is 4.79 Å². The number of benzene rings is 2. The number of carbonyl (C=O) groups is 3. The van der Waals surface area contributed by atoms with Crippen molar-refractivity contribution in [2.24, 2.45) is 0 Å². The van der Waals surface area contributed by atoms with Crippen LogP contribution in [0, 0.1) is 0 Å². The highest BCUT2D eigenvalue weighted by Gasteiger charge is 2.29. The van der Waals surface area contributed by atoms with E-state index in [0.717, 1.165) is 0 Å². The molecular weight excluding hydrogens is 302 g/mol. The van der Waals surface area contributed by atoms with Crippen LogP contribution >= 0.6 is 11.6 Å². The fraction of sp³-hybridized carbons (Fsp3) is 0.118. The van der Waals surface area contributed by atoms with E-state index in [4.69, 9.17) is 11.6 Å². The van der Waals surface area contributed by atoms with Crippen molar-refractivity contribution in [3.8, 4) is 0 Å². The number of halogens is 1. The fourth-order valence-corrected chi connectivity index (χ4v) is 2.47. The molecule has 2 aromatic rings. The van der Waals surface area contributed by atoms with Gasteiger partial charge in [-0.2, -0.15) is 0 Å². The number of rotatable bonds is 2. The summed E-state index contributed by atoms with van der Waals surface area (Å²) >= 11 is 5.71. The van der Waals surface area contributed by atoms with Crippen LogP contribution < -0.4 is 5.32 Å². The largest absolute Gasteiger partial charge is 0.325 e. The van der Waals surface area contributed by atoms with Gasteiger partial charge in [-0.1, -0.05) is 24.3 Å². The molecule has 0 aromatic heterocycles. The Kier molecular flexibility index (Phi) is 3.54. The summed E-state index contributed by atoms with van der Waals surface area (Å²) in [5.41, 5.74) is 1.88. The molecule has 22 heavy (non-hydrogen) atoms. The van der Waals surface area contributed by atoms with Gasteiger partial charge in [0.15, 0.2) is 11.6 Å². The maximum absolute atomic E-state index is 12.5. The van der Waals surface area contributed by atoms with E-state index in [-0.39, 0.29) is 17.5 Å². The zero-order chi connectivity index (χ0) is 15.9. The highest BCUT2D eigenvalue weighted by atomic mass is 35.5. The van der Waals surface area contributed by atoms with E-state index in [1.807, 2.05) is 0 Å². The van der Waals surface area contributed by atoms with Crippen molar-refractivity contribution in [3.05, 3.63) is 64.7 Å². The van der Waals surface area contributed by atoms with Crippen molar-refractivity contribution in [3.63, 3.8) is 0 Å². The smallest absolute Gasteiger partial charge is 0.242 e. The molecule has 0 bridgehead atoms. The Hall–Kier alpha value is -2.46. The third-order valence-corrected chi connectivity index (χ3v) is 3.75. The molecule has 1 amide bonds. The molecule has 0 unspecified atom stereocenters. The van der Waals surface area contributed by atoms with Crippen LogP contribution in [-0.4, -0.2) is 22.9 Å². The summed E-state index contributed by atoms with van der Waals surface area (Å²) in [5.74, 6) is -0.773. The number of carbonyl (C=O) groups excluding carboxylic acids is 3. The van der Waals surface area contributed by atoms with Gasteiger partial charge in [-0.3, -0.25) is 14.4 Å². The van der Waals surface area contributed by atoms with Crippen LogP contribution in [0.4, 0.5) is 5.69 Å². The quantitative estimate of drug-likeness (QED) is 0.740. The number of fused-ring (bicyclic) bond motifs is 2. The summed E-state index contributed by atoms with van der Waals surface area (Å²) in [4.78, 5) is 36.6. The van der Waals surface area contributed by atoms with E-state index < -0.39 is 5.38 Å². The summed E-state index contributed by atoms with van der Waals surface area (Å²) in [6.07, 6.45) is 0. The zero-order valence-corrected chi connectivity index (χ0v) is 12.5. The van der Waals surface area contributed by atoms with E-state index in [1.165, 1.54) is 6.07 Å². The molecule has 0 spiro atoms. The number of hydrogen-bond acceptors (Lipinski definition) is 3. The van der Waals surface area contributed by atoms with E-state index in [9.17, 15) is 14.4 Å². The van der Waals surface area contributed by atoms with E-state index in [2.05, 4.69) is 5.32 Å². The summed E-state index contributed by atoms with van der Waals surface area (Å²) in [7, 11) is 0. The lowest BCUT2D eigenvalue weighted by Crippen LogP contribution is -2.23. The lowest BCUT2D eigenvalue weighted by Gasteiger charge is -2.18. The van der Waals surface area contributed by atoms with Gasteiger partial charge in [0, 0.05) is 27.9 Å². The van der Waals surface area contributed by atoms with Gasteiger partial charge in [-0.15, -0.1) is 11.6 Å². The monoisotopic (exact) mass is 313 g/mol. The Morgan fingerprint density at radius 3 is 2.09 bits per heavy atom. The minimum Gasteiger partial charge on any atom is -0.325 e. The Balaban J connectivity index is 2.04. The van der Waals surface area contributed by atoms with E-state index in [0.29, 0.717) is 27.9 Å². The van der Waals surface area contributed by atoms with Gasteiger partial charge in [0.1, 0.15) is 5.38 Å². The van der Waals surface area contributed by atoms with Crippen LogP contribution in [0.15, 0.2) is 42.5 Å². The molecular formula is C17H12ClNO3. The van der Waals surface area contributed by atoms with Crippen LogP contribution in [0.3, 0.4) is 0 Å². The molecule has 0 saturated heterocycles. The SMILES string of the molecule is C[C@@H](Cl)C(=O)Nc1ccc2c(c1)C(=O)c1ccccc1C2=O. The standard InChI is InChI=1S/C17H12ClNO3/c1-9(18)17(22)19-10-6-7-13-14(8-10)16(21)12-5-3-2-4-11(12)15(13)20/h2-9H,1H3,(H,19,22)/t9-/m1/s1. The fourth-order valence-electron chi connectivity index (χ4n) is 2.42. The van der Waals surface area contributed by atoms with Crippen LogP contribution in [0.1, 0.15) is 38.8 Å². The molecule has 0 fully saturated rings. The summed E-state index contributed by atoms with van der Waals surface area (Å²) in [6, 6.07) is 11.4. The first-order chi connectivity index (χ1) is 10.5. The van der Waals surface area contributed by atoms with Gasteiger partial charge in [0.2, 0.25) is 5.91 Å². The second-order valence-electron chi connectivity index (χ2n) is 5.07. The van der Waals surface area contributed by atoms with Crippen molar-refractivity contribution in [2.75, 3.05) is 5.32 Å². The van der Waals surface area contributed by atoms with E-state index >= 15 is 0 Å². The third-order valence-electron chi connectivity index (χ3n) is 3.55. The predicted molar refractivity (Wildman–Crippen MR) is 83.7 cm³/mol. The minimum absolute atomic E-state index is 0.186. The van der Waals surface area contributed by atoms with Gasteiger partial charge in [0.05, 0.1) is 0 Å². The molecule has 0 heterocycles. The van der Waals surface area contributed by atoms with E-state index in [1.54, 1.807) is 43.3 Å². The number of nitrogens with one attached hydrogen (secondary N) is 1. The molecule has 4 nitrogen and oxygen atoms in total. The Morgan fingerprint density at radius 2 is 1.50 bits per heavy atom. The second kappa shape index (κ2) is 5.39. The molecule has 1 aliphatic carbocycles. The Morgan fingerprint density at radius 1 is 0.955 bits per heavy atom. The first kappa shape index (κ1) is 14.5. The molecule has 0 radical (unpaired) electrons. The van der Waals surface area contributed by atoms with Gasteiger partial charge >= 0.3 is 0 Å². The highest BCUT2D eigenvalue weighted by molar-refractivity contribution is 6.32. The minimum atomic E-state index is -0.686. The van der Waals surface area contributed by atoms with Crippen LogP contribution in [0.5, 0.6) is 0 Å². The molecule has 5 heteroatoms. The molecule has 0 saturated carbocycles. The van der Waals surface area contributed by atoms with Crippen LogP contribution in [0.2, 0.25) is 0 Å². The van der Waals surface area contributed by atoms with Crippen LogP contribution in [0.25, 0.3) is 0 Å². The molecule has 1 N–H and O–H groups in total. The van der Waals surface area contributed by atoms with Crippen molar-refractivity contribution in [1.82, 2.24) is 0 Å². The third kappa shape index (κ3) is 2.31. The number of amides is 1. The maximum atomic E-state index is 12.5. The van der Waals surface area contributed by atoms with Gasteiger partial charge < -0.3 is 5.32 Å². The number of alkyl halides is 1. The average molecular weight is 314 g/mol. The van der Waals surface area contributed by atoms with Crippen molar-refractivity contribution < 1.29 is 14.4 Å². The van der Waals surface area contributed by atoms with Crippen molar-refractivity contribution in [2.45, 2.75) is 12.3 Å². The second-order valence-corrected chi connectivity index (χ2v) is 5.72. The molecule has 110 valence electrons. The summed E-state index contributed by atoms with van der Waals surface area (Å²) < 4.78 is 0. The number of hydrogen-bond donors (Lipinski definition) is 1. The lowest BCUT2D eigenvalue weighted by atomic mass is 9.84. The Labute approximate surface area is 132 Å². The average Bonchev–Trinajstić information content (AvgIpc) is 2.52.